The van der Waals surface area contributed by atoms with Gasteiger partial charge in [-0.1, -0.05) is 27.7 Å². The Morgan fingerprint density at radius 2 is 2.06 bits per heavy atom. The van der Waals surface area contributed by atoms with E-state index in [1.54, 1.807) is 7.11 Å². The fourth-order valence-corrected chi connectivity index (χ4v) is 3.12. The van der Waals surface area contributed by atoms with Crippen LogP contribution < -0.4 is 5.32 Å². The van der Waals surface area contributed by atoms with Crippen molar-refractivity contribution in [2.24, 2.45) is 0 Å². The van der Waals surface area contributed by atoms with Crippen LogP contribution in [0.3, 0.4) is 0 Å². The number of hydrogen-bond donors (Lipinski definition) is 1. The van der Waals surface area contributed by atoms with E-state index in [4.69, 9.17) is 9.72 Å². The van der Waals surface area contributed by atoms with Crippen LogP contribution in [0.2, 0.25) is 0 Å². The van der Waals surface area contributed by atoms with Crippen molar-refractivity contribution in [3.05, 3.63) is 15.6 Å². The van der Waals surface area contributed by atoms with Crippen LogP contribution in [0.4, 0.5) is 0 Å². The maximum atomic E-state index is 5.32. The number of methoxy groups -OCH3 is 1. The summed E-state index contributed by atoms with van der Waals surface area (Å²) in [5.74, 6) is 0. The standard InChI is InChI=1S/C14H26N2OS/c1-7-15-9-11-13(14(3,4)5)16-12(18-11)8-10(2)17-6/h10,15H,7-9H2,1-6H3. The Labute approximate surface area is 115 Å². The Hall–Kier alpha value is -0.450. The van der Waals surface area contributed by atoms with Crippen molar-refractivity contribution < 1.29 is 4.74 Å². The fourth-order valence-electron chi connectivity index (χ4n) is 1.76. The predicted molar refractivity (Wildman–Crippen MR) is 78.4 cm³/mol. The van der Waals surface area contributed by atoms with Crippen LogP contribution in [0, 0.1) is 0 Å². The second-order valence-electron chi connectivity index (χ2n) is 5.66. The van der Waals surface area contributed by atoms with Crippen molar-refractivity contribution in [2.45, 2.75) is 59.1 Å². The van der Waals surface area contributed by atoms with E-state index in [9.17, 15) is 0 Å². The zero-order valence-corrected chi connectivity index (χ0v) is 13.3. The molecule has 104 valence electrons. The molecule has 0 aliphatic heterocycles. The van der Waals surface area contributed by atoms with Gasteiger partial charge in [-0.2, -0.15) is 0 Å². The van der Waals surface area contributed by atoms with Crippen molar-refractivity contribution in [3.63, 3.8) is 0 Å². The van der Waals surface area contributed by atoms with Crippen LogP contribution in [-0.4, -0.2) is 24.7 Å². The van der Waals surface area contributed by atoms with Gasteiger partial charge >= 0.3 is 0 Å². The van der Waals surface area contributed by atoms with Gasteiger partial charge in [0.25, 0.3) is 0 Å². The van der Waals surface area contributed by atoms with Crippen LogP contribution >= 0.6 is 11.3 Å². The molecule has 18 heavy (non-hydrogen) atoms. The minimum atomic E-state index is 0.107. The first kappa shape index (κ1) is 15.6. The fraction of sp³-hybridized carbons (Fsp3) is 0.786. The summed E-state index contributed by atoms with van der Waals surface area (Å²) in [6.45, 7) is 12.8. The number of nitrogens with one attached hydrogen (secondary N) is 1. The van der Waals surface area contributed by atoms with Crippen LogP contribution in [0.25, 0.3) is 0 Å². The van der Waals surface area contributed by atoms with Crippen LogP contribution in [-0.2, 0) is 23.1 Å². The largest absolute Gasteiger partial charge is 0.381 e. The number of thiazole rings is 1. The van der Waals surface area contributed by atoms with Crippen molar-refractivity contribution in [1.29, 1.82) is 0 Å². The summed E-state index contributed by atoms with van der Waals surface area (Å²) in [6, 6.07) is 0. The highest BCUT2D eigenvalue weighted by atomic mass is 32.1. The van der Waals surface area contributed by atoms with Gasteiger partial charge in [0.1, 0.15) is 0 Å². The Kier molecular flexibility index (Phi) is 5.76. The summed E-state index contributed by atoms with van der Waals surface area (Å²) in [6.07, 6.45) is 1.13. The molecule has 0 aromatic carbocycles. The van der Waals surface area contributed by atoms with Crippen molar-refractivity contribution in [1.82, 2.24) is 10.3 Å². The lowest BCUT2D eigenvalue weighted by atomic mass is 9.91. The average Bonchev–Trinajstić information content (AvgIpc) is 2.69. The zero-order valence-electron chi connectivity index (χ0n) is 12.5. The van der Waals surface area contributed by atoms with E-state index in [2.05, 4.69) is 39.9 Å². The predicted octanol–water partition coefficient (Wildman–Crippen LogP) is 3.13. The highest BCUT2D eigenvalue weighted by molar-refractivity contribution is 7.11. The average molecular weight is 270 g/mol. The quantitative estimate of drug-likeness (QED) is 0.862. The van der Waals surface area contributed by atoms with Gasteiger partial charge in [0.05, 0.1) is 16.8 Å². The van der Waals surface area contributed by atoms with E-state index >= 15 is 0 Å². The topological polar surface area (TPSA) is 34.1 Å². The molecule has 0 amide bonds. The third-order valence-corrected chi connectivity index (χ3v) is 3.93. The van der Waals surface area contributed by atoms with Gasteiger partial charge in [-0.3, -0.25) is 0 Å². The second kappa shape index (κ2) is 6.64. The smallest absolute Gasteiger partial charge is 0.0957 e. The molecule has 0 radical (unpaired) electrons. The molecular formula is C14H26N2OS. The van der Waals surface area contributed by atoms with E-state index in [1.807, 2.05) is 11.3 Å². The Balaban J connectivity index is 2.92. The number of nitrogens with zero attached hydrogens (tertiary/aromatic N) is 1. The van der Waals surface area contributed by atoms with E-state index in [0.29, 0.717) is 0 Å². The van der Waals surface area contributed by atoms with Gasteiger partial charge in [-0.05, 0) is 13.5 Å². The molecule has 1 unspecified atom stereocenters. The molecule has 1 aromatic heterocycles. The van der Waals surface area contributed by atoms with Crippen molar-refractivity contribution >= 4 is 11.3 Å². The molecule has 0 aliphatic rings. The van der Waals surface area contributed by atoms with E-state index in [0.717, 1.165) is 19.5 Å². The molecule has 1 N–H and O–H groups in total. The minimum absolute atomic E-state index is 0.107. The third-order valence-electron chi connectivity index (χ3n) is 2.85. The maximum absolute atomic E-state index is 5.32. The lowest BCUT2D eigenvalue weighted by Gasteiger charge is -2.17. The van der Waals surface area contributed by atoms with Crippen LogP contribution in [0.15, 0.2) is 0 Å². The molecule has 1 atom stereocenters. The molecular weight excluding hydrogens is 244 g/mol. The molecule has 4 heteroatoms. The lowest BCUT2D eigenvalue weighted by Crippen LogP contribution is -2.18. The Morgan fingerprint density at radius 3 is 2.56 bits per heavy atom. The van der Waals surface area contributed by atoms with Gasteiger partial charge in [0.15, 0.2) is 0 Å². The number of rotatable bonds is 6. The molecule has 0 fully saturated rings. The highest BCUT2D eigenvalue weighted by Crippen LogP contribution is 2.30. The zero-order chi connectivity index (χ0) is 13.8. The van der Waals surface area contributed by atoms with E-state index in [-0.39, 0.29) is 11.5 Å². The lowest BCUT2D eigenvalue weighted by molar-refractivity contribution is 0.118. The van der Waals surface area contributed by atoms with E-state index in [1.165, 1.54) is 15.6 Å². The Bertz CT molecular complexity index is 368. The molecule has 1 rings (SSSR count). The van der Waals surface area contributed by atoms with Gasteiger partial charge in [-0.25, -0.2) is 4.98 Å². The summed E-state index contributed by atoms with van der Waals surface area (Å²) >= 11 is 1.82. The summed E-state index contributed by atoms with van der Waals surface area (Å²) < 4.78 is 5.32. The third kappa shape index (κ3) is 4.34. The van der Waals surface area contributed by atoms with Crippen molar-refractivity contribution in [3.8, 4) is 0 Å². The van der Waals surface area contributed by atoms with Crippen LogP contribution in [0.1, 0.15) is 50.2 Å². The number of ether oxygens (including phenoxy) is 1. The number of aromatic nitrogens is 1. The molecule has 0 bridgehead atoms. The molecule has 0 saturated heterocycles. The molecule has 3 nitrogen and oxygen atoms in total. The van der Waals surface area contributed by atoms with Gasteiger partial charge in [0, 0.05) is 30.4 Å². The van der Waals surface area contributed by atoms with E-state index < -0.39 is 0 Å². The first-order valence-corrected chi connectivity index (χ1v) is 7.42. The molecule has 1 aromatic rings. The van der Waals surface area contributed by atoms with Crippen LogP contribution in [0.5, 0.6) is 0 Å². The molecule has 0 aliphatic carbocycles. The van der Waals surface area contributed by atoms with Gasteiger partial charge < -0.3 is 10.1 Å². The maximum Gasteiger partial charge on any atom is 0.0957 e. The van der Waals surface area contributed by atoms with Gasteiger partial charge in [0.2, 0.25) is 0 Å². The molecule has 0 saturated carbocycles. The van der Waals surface area contributed by atoms with Gasteiger partial charge in [-0.15, -0.1) is 11.3 Å². The summed E-state index contributed by atoms with van der Waals surface area (Å²) in [5.41, 5.74) is 1.34. The second-order valence-corrected chi connectivity index (χ2v) is 6.83. The summed E-state index contributed by atoms with van der Waals surface area (Å²) in [4.78, 5) is 6.18. The number of hydrogen-bond acceptors (Lipinski definition) is 4. The first-order valence-electron chi connectivity index (χ1n) is 6.61. The minimum Gasteiger partial charge on any atom is -0.381 e. The SMILES string of the molecule is CCNCc1sc(CC(C)OC)nc1C(C)(C)C. The Morgan fingerprint density at radius 1 is 1.39 bits per heavy atom. The monoisotopic (exact) mass is 270 g/mol. The first-order chi connectivity index (χ1) is 8.38. The normalized spacial score (nSPS) is 13.9. The molecule has 0 spiro atoms. The molecule has 1 heterocycles. The summed E-state index contributed by atoms with van der Waals surface area (Å²) in [5, 5.41) is 4.58. The highest BCUT2D eigenvalue weighted by Gasteiger charge is 2.23. The van der Waals surface area contributed by atoms with Crippen molar-refractivity contribution in [2.75, 3.05) is 13.7 Å². The summed E-state index contributed by atoms with van der Waals surface area (Å²) in [7, 11) is 1.75.